The van der Waals surface area contributed by atoms with E-state index in [1.165, 1.54) is 19.1 Å². The zero-order valence-electron chi connectivity index (χ0n) is 9.77. The number of carbonyl (C=O) groups excluding carboxylic acids is 2. The zero-order chi connectivity index (χ0) is 12.8. The summed E-state index contributed by atoms with van der Waals surface area (Å²) in [4.78, 5) is 22.8. The summed E-state index contributed by atoms with van der Waals surface area (Å²) in [7, 11) is 0. The maximum atomic E-state index is 11.5. The van der Waals surface area contributed by atoms with Gasteiger partial charge in [-0.25, -0.2) is 4.79 Å². The number of ether oxygens (including phenoxy) is 1. The molecule has 0 fully saturated rings. The fourth-order valence-electron chi connectivity index (χ4n) is 1.28. The number of ketones is 1. The zero-order valence-corrected chi connectivity index (χ0v) is 9.77. The highest BCUT2D eigenvalue weighted by Crippen LogP contribution is 2.19. The Labute approximate surface area is 99.5 Å². The molecule has 0 heterocycles. The van der Waals surface area contributed by atoms with Crippen molar-refractivity contribution >= 4 is 17.8 Å². The number of esters is 1. The maximum Gasteiger partial charge on any atom is 0.341 e. The minimum atomic E-state index is -0.678. The molecule has 1 N–H and O–H groups in total. The van der Waals surface area contributed by atoms with Gasteiger partial charge in [-0.15, -0.1) is 0 Å². The molecule has 0 bridgehead atoms. The van der Waals surface area contributed by atoms with Crippen molar-refractivity contribution in [3.8, 4) is 5.75 Å². The summed E-state index contributed by atoms with van der Waals surface area (Å²) in [5.74, 6) is -1.06. The molecule has 0 spiro atoms. The molecule has 0 saturated heterocycles. The van der Waals surface area contributed by atoms with Gasteiger partial charge in [-0.3, -0.25) is 4.79 Å². The first-order valence-corrected chi connectivity index (χ1v) is 5.24. The van der Waals surface area contributed by atoms with Gasteiger partial charge in [-0.1, -0.05) is 18.2 Å². The lowest BCUT2D eigenvalue weighted by atomic mass is 10.1. The Hall–Kier alpha value is -2.10. The Morgan fingerprint density at radius 2 is 2.00 bits per heavy atom. The Balaban J connectivity index is 3.11. The average molecular weight is 234 g/mol. The highest BCUT2D eigenvalue weighted by atomic mass is 16.5. The number of hydrogen-bond donors (Lipinski definition) is 1. The van der Waals surface area contributed by atoms with Crippen molar-refractivity contribution in [2.24, 2.45) is 0 Å². The fourth-order valence-corrected chi connectivity index (χ4v) is 1.28. The van der Waals surface area contributed by atoms with Gasteiger partial charge in [0.1, 0.15) is 11.3 Å². The van der Waals surface area contributed by atoms with Crippen molar-refractivity contribution in [2.45, 2.75) is 13.8 Å². The van der Waals surface area contributed by atoms with Crippen LogP contribution >= 0.6 is 0 Å². The summed E-state index contributed by atoms with van der Waals surface area (Å²) in [6.45, 7) is 3.14. The summed E-state index contributed by atoms with van der Waals surface area (Å²) in [5.41, 5.74) is 0.333. The minimum Gasteiger partial charge on any atom is -0.507 e. The van der Waals surface area contributed by atoms with Crippen molar-refractivity contribution in [1.82, 2.24) is 0 Å². The molecule has 1 aromatic carbocycles. The number of carbonyl (C=O) groups is 2. The second-order valence-corrected chi connectivity index (χ2v) is 3.39. The average Bonchev–Trinajstić information content (AvgIpc) is 2.27. The molecular weight excluding hydrogens is 220 g/mol. The quantitative estimate of drug-likeness (QED) is 0.374. The number of rotatable bonds is 4. The number of phenolic OH excluding ortho intramolecular Hbond substituents is 1. The van der Waals surface area contributed by atoms with Gasteiger partial charge in [0.2, 0.25) is 0 Å². The van der Waals surface area contributed by atoms with Gasteiger partial charge in [-0.2, -0.15) is 0 Å². The molecular formula is C13H14O4. The molecule has 0 aliphatic carbocycles. The molecule has 1 rings (SSSR count). The third kappa shape index (κ3) is 3.45. The second kappa shape index (κ2) is 5.84. The van der Waals surface area contributed by atoms with Crippen LogP contribution < -0.4 is 0 Å². The van der Waals surface area contributed by atoms with Gasteiger partial charge >= 0.3 is 5.97 Å². The molecule has 0 saturated carbocycles. The lowest BCUT2D eigenvalue weighted by molar-refractivity contribution is -0.139. The van der Waals surface area contributed by atoms with Crippen molar-refractivity contribution in [1.29, 1.82) is 0 Å². The minimum absolute atomic E-state index is 0.00977. The highest BCUT2D eigenvalue weighted by molar-refractivity contribution is 6.19. The number of hydrogen-bond acceptors (Lipinski definition) is 4. The van der Waals surface area contributed by atoms with Gasteiger partial charge in [-0.05, 0) is 26.0 Å². The molecule has 4 nitrogen and oxygen atoms in total. The van der Waals surface area contributed by atoms with Crippen LogP contribution in [0.25, 0.3) is 6.08 Å². The van der Waals surface area contributed by atoms with Gasteiger partial charge in [0.05, 0.1) is 6.61 Å². The van der Waals surface area contributed by atoms with Crippen molar-refractivity contribution < 1.29 is 19.4 Å². The maximum absolute atomic E-state index is 11.5. The van der Waals surface area contributed by atoms with E-state index < -0.39 is 11.8 Å². The lowest BCUT2D eigenvalue weighted by Gasteiger charge is -2.04. The molecule has 0 amide bonds. The third-order valence-electron chi connectivity index (χ3n) is 2.11. The number of aromatic hydroxyl groups is 1. The summed E-state index contributed by atoms with van der Waals surface area (Å²) >= 11 is 0. The van der Waals surface area contributed by atoms with Crippen LogP contribution in [0.3, 0.4) is 0 Å². The number of benzene rings is 1. The van der Waals surface area contributed by atoms with Crippen LogP contribution in [0.4, 0.5) is 0 Å². The van der Waals surface area contributed by atoms with Crippen molar-refractivity contribution in [3.05, 3.63) is 35.4 Å². The van der Waals surface area contributed by atoms with E-state index in [1.54, 1.807) is 25.1 Å². The Bertz CT molecular complexity index is 460. The SMILES string of the molecule is CCOC(=O)C(=Cc1ccccc1O)C(C)=O. The number of phenols is 1. The first-order valence-electron chi connectivity index (χ1n) is 5.24. The molecule has 90 valence electrons. The standard InChI is InChI=1S/C13H14O4/c1-3-17-13(16)11(9(2)14)8-10-6-4-5-7-12(10)15/h4-8,15H,3H2,1-2H3. The van der Waals surface area contributed by atoms with Crippen molar-refractivity contribution in [2.75, 3.05) is 6.61 Å². The lowest BCUT2D eigenvalue weighted by Crippen LogP contribution is -2.13. The molecule has 0 aromatic heterocycles. The number of para-hydroxylation sites is 1. The molecule has 4 heteroatoms. The van der Waals surface area contributed by atoms with E-state index in [0.29, 0.717) is 5.56 Å². The number of Topliss-reactive ketones (excluding diaryl/α,β-unsaturated/α-hetero) is 1. The van der Waals surface area contributed by atoms with Crippen LogP contribution in [-0.2, 0) is 14.3 Å². The molecule has 0 radical (unpaired) electrons. The first-order chi connectivity index (χ1) is 8.06. The largest absolute Gasteiger partial charge is 0.507 e. The molecule has 17 heavy (non-hydrogen) atoms. The van der Waals surface area contributed by atoms with Crippen LogP contribution in [0.5, 0.6) is 5.75 Å². The van der Waals surface area contributed by atoms with Crippen LogP contribution in [-0.4, -0.2) is 23.5 Å². The Morgan fingerprint density at radius 3 is 2.53 bits per heavy atom. The van der Waals surface area contributed by atoms with Gasteiger partial charge in [0.15, 0.2) is 5.78 Å². The monoisotopic (exact) mass is 234 g/mol. The van der Waals surface area contributed by atoms with E-state index in [1.807, 2.05) is 0 Å². The van der Waals surface area contributed by atoms with Crippen LogP contribution in [0.2, 0.25) is 0 Å². The smallest absolute Gasteiger partial charge is 0.341 e. The molecule has 0 aliphatic heterocycles. The predicted molar refractivity (Wildman–Crippen MR) is 63.4 cm³/mol. The fraction of sp³-hybridized carbons (Fsp3) is 0.231. The van der Waals surface area contributed by atoms with E-state index in [-0.39, 0.29) is 17.9 Å². The van der Waals surface area contributed by atoms with E-state index in [9.17, 15) is 14.7 Å². The van der Waals surface area contributed by atoms with Gasteiger partial charge < -0.3 is 9.84 Å². The summed E-state index contributed by atoms with van der Waals surface area (Å²) < 4.78 is 4.77. The molecule has 0 aliphatic rings. The van der Waals surface area contributed by atoms with E-state index in [2.05, 4.69) is 0 Å². The topological polar surface area (TPSA) is 63.6 Å². The van der Waals surface area contributed by atoms with E-state index in [4.69, 9.17) is 4.74 Å². The van der Waals surface area contributed by atoms with E-state index >= 15 is 0 Å². The molecule has 0 atom stereocenters. The van der Waals surface area contributed by atoms with Crippen LogP contribution in [0.1, 0.15) is 19.4 Å². The summed E-state index contributed by atoms with van der Waals surface area (Å²) in [6, 6.07) is 6.45. The third-order valence-corrected chi connectivity index (χ3v) is 2.11. The van der Waals surface area contributed by atoms with Crippen LogP contribution in [0, 0.1) is 0 Å². The van der Waals surface area contributed by atoms with Crippen molar-refractivity contribution in [3.63, 3.8) is 0 Å². The Morgan fingerprint density at radius 1 is 1.35 bits per heavy atom. The first kappa shape index (κ1) is 13.0. The molecule has 0 unspecified atom stereocenters. The summed E-state index contributed by atoms with van der Waals surface area (Å²) in [5, 5.41) is 9.54. The van der Waals surface area contributed by atoms with Crippen LogP contribution in [0.15, 0.2) is 29.8 Å². The highest BCUT2D eigenvalue weighted by Gasteiger charge is 2.16. The summed E-state index contributed by atoms with van der Waals surface area (Å²) in [6.07, 6.45) is 1.33. The second-order valence-electron chi connectivity index (χ2n) is 3.39. The van der Waals surface area contributed by atoms with E-state index in [0.717, 1.165) is 0 Å². The Kier molecular flexibility index (Phi) is 4.46. The normalized spacial score (nSPS) is 11.1. The predicted octanol–water partition coefficient (Wildman–Crippen LogP) is 1.93. The van der Waals surface area contributed by atoms with Gasteiger partial charge in [0.25, 0.3) is 0 Å². The molecule has 1 aromatic rings. The van der Waals surface area contributed by atoms with Gasteiger partial charge in [0, 0.05) is 5.56 Å².